The highest BCUT2D eigenvalue weighted by molar-refractivity contribution is 5.92. The van der Waals surface area contributed by atoms with Crippen LogP contribution in [0.1, 0.15) is 49.9 Å². The predicted molar refractivity (Wildman–Crippen MR) is 250 cm³/mol. The highest BCUT2D eigenvalue weighted by atomic mass is 15.1. The Kier molecular flexibility index (Phi) is 7.94. The lowest BCUT2D eigenvalue weighted by Gasteiger charge is -2.30. The Labute approximate surface area is 347 Å². The zero-order valence-electron chi connectivity index (χ0n) is 34.0. The fourth-order valence-corrected chi connectivity index (χ4v) is 9.98. The maximum atomic E-state index is 2.47. The highest BCUT2D eigenvalue weighted by Crippen LogP contribution is 2.53. The number of fused-ring (bicyclic) bond motifs is 7. The van der Waals surface area contributed by atoms with E-state index >= 15 is 0 Å². The molecule has 9 aromatic carbocycles. The lowest BCUT2D eigenvalue weighted by molar-refractivity contribution is 0.660. The molecule has 0 bridgehead atoms. The van der Waals surface area contributed by atoms with E-state index in [1.54, 1.807) is 0 Å². The van der Waals surface area contributed by atoms with Crippen molar-refractivity contribution in [2.45, 2.75) is 38.5 Å². The van der Waals surface area contributed by atoms with Gasteiger partial charge in [0.25, 0.3) is 0 Å². The fraction of sp³-hybridized carbons (Fsp3) is 0.103. The Bertz CT molecular complexity index is 3080. The zero-order chi connectivity index (χ0) is 39.9. The smallest absolute Gasteiger partial charge is 0.0468 e. The molecule has 2 aliphatic rings. The van der Waals surface area contributed by atoms with Gasteiger partial charge in [-0.2, -0.15) is 0 Å². The molecule has 1 heteroatoms. The van der Waals surface area contributed by atoms with Crippen LogP contribution in [0.2, 0.25) is 0 Å². The van der Waals surface area contributed by atoms with Gasteiger partial charge in [0.2, 0.25) is 0 Å². The number of hydrogen-bond acceptors (Lipinski definition) is 1. The second-order valence-corrected chi connectivity index (χ2v) is 17.4. The number of hydrogen-bond donors (Lipinski definition) is 0. The SMILES string of the molecule is CC1(C)c2ccccc2-c2ccc(N(c3ccc4c(c3)C(C)(C)c3cc(-c5ccc(-c6ccc(-c7ccccc7)cc6)cc5)ccc3-4)c3ccc4ccccc4c3)cc21. The molecule has 0 radical (unpaired) electrons. The molecule has 0 fully saturated rings. The molecule has 0 spiro atoms. The minimum atomic E-state index is -0.187. The standard InChI is InChI=1S/C58H45N/c1-57(2)53-17-11-10-16-49(53)51-32-29-47(36-55(51)57)59(46-28-26-39-14-8-9-15-44(39)34-46)48-30-33-52-50-31-27-45(35-54(50)58(3,4)56(52)37-48)43-24-22-42(23-25-43)41-20-18-40(19-21-41)38-12-6-5-7-13-38/h5-37H,1-4H3. The summed E-state index contributed by atoms with van der Waals surface area (Å²) in [6, 6.07) is 74.3. The van der Waals surface area contributed by atoms with E-state index in [-0.39, 0.29) is 10.8 Å². The average Bonchev–Trinajstić information content (AvgIpc) is 3.65. The molecule has 0 N–H and O–H groups in total. The van der Waals surface area contributed by atoms with Gasteiger partial charge in [-0.25, -0.2) is 0 Å². The van der Waals surface area contributed by atoms with Crippen molar-refractivity contribution in [2.75, 3.05) is 4.90 Å². The Hall–Kier alpha value is -6.96. The summed E-state index contributed by atoms with van der Waals surface area (Å²) >= 11 is 0. The molecule has 0 atom stereocenters. The van der Waals surface area contributed by atoms with E-state index in [1.807, 2.05) is 0 Å². The van der Waals surface area contributed by atoms with E-state index in [9.17, 15) is 0 Å². The van der Waals surface area contributed by atoms with Crippen LogP contribution in [-0.4, -0.2) is 0 Å². The minimum absolute atomic E-state index is 0.0925. The van der Waals surface area contributed by atoms with Crippen molar-refractivity contribution in [1.82, 2.24) is 0 Å². The van der Waals surface area contributed by atoms with E-state index in [0.29, 0.717) is 0 Å². The van der Waals surface area contributed by atoms with E-state index < -0.39 is 0 Å². The third-order valence-electron chi connectivity index (χ3n) is 13.3. The van der Waals surface area contributed by atoms with Crippen molar-refractivity contribution in [2.24, 2.45) is 0 Å². The van der Waals surface area contributed by atoms with Gasteiger partial charge in [0.15, 0.2) is 0 Å². The van der Waals surface area contributed by atoms with Gasteiger partial charge < -0.3 is 4.90 Å². The van der Waals surface area contributed by atoms with Crippen LogP contribution in [0.3, 0.4) is 0 Å². The lowest BCUT2D eigenvalue weighted by atomic mass is 9.81. The van der Waals surface area contributed by atoms with E-state index in [2.05, 4.69) is 233 Å². The first-order chi connectivity index (χ1) is 28.7. The summed E-state index contributed by atoms with van der Waals surface area (Å²) in [5, 5.41) is 2.48. The third kappa shape index (κ3) is 5.68. The molecule has 9 aromatic rings. The molecule has 0 amide bonds. The molecule has 0 unspecified atom stereocenters. The molecule has 59 heavy (non-hydrogen) atoms. The van der Waals surface area contributed by atoms with Gasteiger partial charge in [-0.05, 0) is 131 Å². The maximum absolute atomic E-state index is 2.47. The van der Waals surface area contributed by atoms with Crippen molar-refractivity contribution in [1.29, 1.82) is 0 Å². The van der Waals surface area contributed by atoms with Gasteiger partial charge >= 0.3 is 0 Å². The van der Waals surface area contributed by atoms with Crippen molar-refractivity contribution in [3.63, 3.8) is 0 Å². The molecular formula is C58H45N. The van der Waals surface area contributed by atoms with Gasteiger partial charge in [0.1, 0.15) is 0 Å². The summed E-state index contributed by atoms with van der Waals surface area (Å²) in [5.41, 5.74) is 21.4. The topological polar surface area (TPSA) is 3.24 Å². The Morgan fingerprint density at radius 1 is 0.271 bits per heavy atom. The molecule has 282 valence electrons. The van der Waals surface area contributed by atoms with Crippen LogP contribution >= 0.6 is 0 Å². The summed E-state index contributed by atoms with van der Waals surface area (Å²) in [4.78, 5) is 2.47. The summed E-state index contributed by atoms with van der Waals surface area (Å²) in [5.74, 6) is 0. The first-order valence-corrected chi connectivity index (χ1v) is 20.8. The van der Waals surface area contributed by atoms with E-state index in [4.69, 9.17) is 0 Å². The Morgan fingerprint density at radius 3 is 1.27 bits per heavy atom. The van der Waals surface area contributed by atoms with Crippen molar-refractivity contribution in [3.05, 3.63) is 222 Å². The maximum Gasteiger partial charge on any atom is 0.0468 e. The molecule has 2 aliphatic carbocycles. The van der Waals surface area contributed by atoms with Crippen molar-refractivity contribution in [3.8, 4) is 55.6 Å². The monoisotopic (exact) mass is 755 g/mol. The molecule has 0 aliphatic heterocycles. The first-order valence-electron chi connectivity index (χ1n) is 20.8. The molecule has 1 nitrogen and oxygen atoms in total. The summed E-state index contributed by atoms with van der Waals surface area (Å²) in [7, 11) is 0. The van der Waals surface area contributed by atoms with E-state index in [1.165, 1.54) is 100 Å². The normalized spacial score (nSPS) is 14.0. The summed E-state index contributed by atoms with van der Waals surface area (Å²) < 4.78 is 0. The number of benzene rings is 9. The Balaban J connectivity index is 0.951. The Morgan fingerprint density at radius 2 is 0.661 bits per heavy atom. The minimum Gasteiger partial charge on any atom is -0.310 e. The fourth-order valence-electron chi connectivity index (χ4n) is 9.98. The van der Waals surface area contributed by atoms with Crippen molar-refractivity contribution >= 4 is 27.8 Å². The number of rotatable bonds is 6. The molecular weight excluding hydrogens is 711 g/mol. The van der Waals surface area contributed by atoms with E-state index in [0.717, 1.165) is 5.69 Å². The van der Waals surface area contributed by atoms with Gasteiger partial charge in [0.05, 0.1) is 0 Å². The molecule has 0 aromatic heterocycles. The van der Waals surface area contributed by atoms with Crippen LogP contribution in [0.15, 0.2) is 200 Å². The van der Waals surface area contributed by atoms with Gasteiger partial charge in [-0.3, -0.25) is 0 Å². The second kappa shape index (κ2) is 13.3. The average molecular weight is 756 g/mol. The molecule has 0 saturated heterocycles. The summed E-state index contributed by atoms with van der Waals surface area (Å²) in [6.07, 6.45) is 0. The van der Waals surface area contributed by atoms with Crippen LogP contribution in [0.4, 0.5) is 17.1 Å². The lowest BCUT2D eigenvalue weighted by Crippen LogP contribution is -2.18. The van der Waals surface area contributed by atoms with Crippen LogP contribution < -0.4 is 4.90 Å². The van der Waals surface area contributed by atoms with Crippen LogP contribution in [0.25, 0.3) is 66.4 Å². The van der Waals surface area contributed by atoms with Crippen LogP contribution in [0, 0.1) is 0 Å². The van der Waals surface area contributed by atoms with Crippen molar-refractivity contribution < 1.29 is 0 Å². The highest BCUT2D eigenvalue weighted by Gasteiger charge is 2.38. The van der Waals surface area contributed by atoms with Gasteiger partial charge in [-0.1, -0.05) is 185 Å². The molecule has 0 saturated carbocycles. The quantitative estimate of drug-likeness (QED) is 0.163. The molecule has 0 heterocycles. The summed E-state index contributed by atoms with van der Waals surface area (Å²) in [6.45, 7) is 9.51. The zero-order valence-corrected chi connectivity index (χ0v) is 34.0. The first kappa shape index (κ1) is 35.2. The number of nitrogens with zero attached hydrogens (tertiary/aromatic N) is 1. The van der Waals surface area contributed by atoms with Crippen LogP contribution in [0.5, 0.6) is 0 Å². The van der Waals surface area contributed by atoms with Gasteiger partial charge in [-0.15, -0.1) is 0 Å². The molecule has 11 rings (SSSR count). The largest absolute Gasteiger partial charge is 0.310 e. The number of anilines is 3. The second-order valence-electron chi connectivity index (χ2n) is 17.4. The van der Waals surface area contributed by atoms with Gasteiger partial charge in [0, 0.05) is 27.9 Å². The third-order valence-corrected chi connectivity index (χ3v) is 13.3. The predicted octanol–water partition coefficient (Wildman–Crippen LogP) is 15.9. The van der Waals surface area contributed by atoms with Crippen LogP contribution in [-0.2, 0) is 10.8 Å².